The van der Waals surface area contributed by atoms with Crippen molar-refractivity contribution in [2.24, 2.45) is 0 Å². The van der Waals surface area contributed by atoms with E-state index in [0.29, 0.717) is 24.7 Å². The second-order valence-electron chi connectivity index (χ2n) is 5.19. The van der Waals surface area contributed by atoms with Gasteiger partial charge in [0.05, 0.1) is 27.9 Å². The Bertz CT molecular complexity index is 432. The van der Waals surface area contributed by atoms with Gasteiger partial charge in [0.25, 0.3) is 0 Å². The highest BCUT2D eigenvalue weighted by atomic mass is 16.5. The standard InChI is InChI=1S/C15H25NO4/c1-15(2,10-17-3)16-9-11-7-13(19-5)14(20-6)8-12(11)18-4/h7-8,16H,9-10H2,1-6H3. The van der Waals surface area contributed by atoms with Gasteiger partial charge < -0.3 is 24.3 Å². The molecule has 0 spiro atoms. The van der Waals surface area contributed by atoms with Crippen LogP contribution in [0.15, 0.2) is 12.1 Å². The van der Waals surface area contributed by atoms with Crippen molar-refractivity contribution in [2.75, 3.05) is 35.0 Å². The van der Waals surface area contributed by atoms with E-state index in [1.807, 2.05) is 12.1 Å². The van der Waals surface area contributed by atoms with Crippen LogP contribution < -0.4 is 19.5 Å². The molecule has 0 heterocycles. The molecule has 0 amide bonds. The average molecular weight is 283 g/mol. The minimum atomic E-state index is -0.118. The minimum absolute atomic E-state index is 0.118. The normalized spacial score (nSPS) is 11.3. The summed E-state index contributed by atoms with van der Waals surface area (Å²) in [6, 6.07) is 3.76. The van der Waals surface area contributed by atoms with Gasteiger partial charge in [-0.2, -0.15) is 0 Å². The van der Waals surface area contributed by atoms with Gasteiger partial charge in [-0.1, -0.05) is 0 Å². The van der Waals surface area contributed by atoms with E-state index in [-0.39, 0.29) is 5.54 Å². The summed E-state index contributed by atoms with van der Waals surface area (Å²) in [5.41, 5.74) is 0.891. The zero-order valence-corrected chi connectivity index (χ0v) is 13.2. The molecule has 1 aromatic rings. The van der Waals surface area contributed by atoms with Crippen LogP contribution in [0.25, 0.3) is 0 Å². The molecule has 5 nitrogen and oxygen atoms in total. The first-order valence-electron chi connectivity index (χ1n) is 6.50. The SMILES string of the molecule is COCC(C)(C)NCc1cc(OC)c(OC)cc1OC. The molecule has 0 aliphatic rings. The van der Waals surface area contributed by atoms with Crippen LogP contribution in [-0.4, -0.2) is 40.6 Å². The highest BCUT2D eigenvalue weighted by Gasteiger charge is 2.18. The number of rotatable bonds is 8. The molecule has 0 bridgehead atoms. The summed E-state index contributed by atoms with van der Waals surface area (Å²) in [6.07, 6.45) is 0. The van der Waals surface area contributed by atoms with E-state index in [1.165, 1.54) is 0 Å². The Hall–Kier alpha value is -1.46. The van der Waals surface area contributed by atoms with Crippen LogP contribution in [0.2, 0.25) is 0 Å². The predicted octanol–water partition coefficient (Wildman–Crippen LogP) is 2.23. The Morgan fingerprint density at radius 1 is 0.900 bits per heavy atom. The first kappa shape index (κ1) is 16.6. The van der Waals surface area contributed by atoms with Crippen LogP contribution in [0.5, 0.6) is 17.2 Å². The Balaban J connectivity index is 2.93. The van der Waals surface area contributed by atoms with Gasteiger partial charge in [0.2, 0.25) is 0 Å². The molecule has 0 aliphatic heterocycles. The summed E-state index contributed by atoms with van der Waals surface area (Å²) in [5.74, 6) is 2.11. The Morgan fingerprint density at radius 2 is 1.45 bits per heavy atom. The van der Waals surface area contributed by atoms with Gasteiger partial charge in [-0.05, 0) is 19.9 Å². The smallest absolute Gasteiger partial charge is 0.164 e. The third-order valence-corrected chi connectivity index (χ3v) is 3.05. The molecule has 0 unspecified atom stereocenters. The Labute approximate surface area is 121 Å². The lowest BCUT2D eigenvalue weighted by molar-refractivity contribution is 0.127. The maximum Gasteiger partial charge on any atom is 0.164 e. The zero-order valence-electron chi connectivity index (χ0n) is 13.2. The van der Waals surface area contributed by atoms with Crippen molar-refractivity contribution in [2.45, 2.75) is 25.9 Å². The number of hydrogen-bond acceptors (Lipinski definition) is 5. The lowest BCUT2D eigenvalue weighted by Gasteiger charge is -2.26. The lowest BCUT2D eigenvalue weighted by Crippen LogP contribution is -2.42. The number of benzene rings is 1. The molecule has 0 aromatic heterocycles. The number of ether oxygens (including phenoxy) is 4. The molecule has 0 fully saturated rings. The Morgan fingerprint density at radius 3 is 1.95 bits per heavy atom. The third-order valence-electron chi connectivity index (χ3n) is 3.05. The fourth-order valence-corrected chi connectivity index (χ4v) is 1.98. The van der Waals surface area contributed by atoms with Gasteiger partial charge in [-0.3, -0.25) is 0 Å². The molecule has 0 radical (unpaired) electrons. The van der Waals surface area contributed by atoms with Gasteiger partial charge in [-0.15, -0.1) is 0 Å². The largest absolute Gasteiger partial charge is 0.496 e. The summed E-state index contributed by atoms with van der Waals surface area (Å²) < 4.78 is 21.2. The van der Waals surface area contributed by atoms with Crippen LogP contribution in [-0.2, 0) is 11.3 Å². The van der Waals surface area contributed by atoms with Crippen LogP contribution in [0.3, 0.4) is 0 Å². The molecule has 114 valence electrons. The second kappa shape index (κ2) is 7.36. The molecular weight excluding hydrogens is 258 g/mol. The van der Waals surface area contributed by atoms with Gasteiger partial charge in [0.15, 0.2) is 11.5 Å². The van der Waals surface area contributed by atoms with Crippen LogP contribution >= 0.6 is 0 Å². The van der Waals surface area contributed by atoms with E-state index in [2.05, 4.69) is 19.2 Å². The van der Waals surface area contributed by atoms with Crippen molar-refractivity contribution in [1.29, 1.82) is 0 Å². The van der Waals surface area contributed by atoms with Crippen molar-refractivity contribution in [3.63, 3.8) is 0 Å². The molecule has 1 rings (SSSR count). The molecule has 0 atom stereocenters. The molecule has 0 saturated carbocycles. The van der Waals surface area contributed by atoms with E-state index in [1.54, 1.807) is 28.4 Å². The molecule has 5 heteroatoms. The summed E-state index contributed by atoms with van der Waals surface area (Å²) in [7, 11) is 6.57. The fraction of sp³-hybridized carbons (Fsp3) is 0.600. The first-order valence-corrected chi connectivity index (χ1v) is 6.50. The summed E-state index contributed by atoms with van der Waals surface area (Å²) in [4.78, 5) is 0. The number of hydrogen-bond donors (Lipinski definition) is 1. The topological polar surface area (TPSA) is 49.0 Å². The van der Waals surface area contributed by atoms with Crippen LogP contribution in [0.4, 0.5) is 0 Å². The van der Waals surface area contributed by atoms with Crippen LogP contribution in [0, 0.1) is 0 Å². The maximum absolute atomic E-state index is 5.41. The Kier molecular flexibility index (Phi) is 6.10. The minimum Gasteiger partial charge on any atom is -0.496 e. The van der Waals surface area contributed by atoms with Crippen molar-refractivity contribution in [1.82, 2.24) is 5.32 Å². The molecular formula is C15H25NO4. The fourth-order valence-electron chi connectivity index (χ4n) is 1.98. The van der Waals surface area contributed by atoms with Crippen molar-refractivity contribution in [3.8, 4) is 17.2 Å². The molecule has 1 N–H and O–H groups in total. The molecule has 20 heavy (non-hydrogen) atoms. The van der Waals surface area contributed by atoms with Crippen molar-refractivity contribution >= 4 is 0 Å². The summed E-state index contributed by atoms with van der Waals surface area (Å²) in [5, 5.41) is 3.44. The third kappa shape index (κ3) is 4.28. The number of nitrogens with one attached hydrogen (secondary N) is 1. The van der Waals surface area contributed by atoms with Gasteiger partial charge >= 0.3 is 0 Å². The van der Waals surface area contributed by atoms with Crippen molar-refractivity contribution in [3.05, 3.63) is 17.7 Å². The van der Waals surface area contributed by atoms with Gasteiger partial charge in [0.1, 0.15) is 5.75 Å². The van der Waals surface area contributed by atoms with E-state index in [9.17, 15) is 0 Å². The van der Waals surface area contributed by atoms with E-state index in [4.69, 9.17) is 18.9 Å². The zero-order chi connectivity index (χ0) is 15.2. The van der Waals surface area contributed by atoms with Gasteiger partial charge in [0, 0.05) is 30.8 Å². The first-order chi connectivity index (χ1) is 9.47. The molecule has 1 aromatic carbocycles. The second-order valence-corrected chi connectivity index (χ2v) is 5.19. The van der Waals surface area contributed by atoms with Crippen molar-refractivity contribution < 1.29 is 18.9 Å². The number of methoxy groups -OCH3 is 4. The quantitative estimate of drug-likeness (QED) is 0.793. The predicted molar refractivity (Wildman–Crippen MR) is 78.9 cm³/mol. The summed E-state index contributed by atoms with van der Waals surface area (Å²) >= 11 is 0. The van der Waals surface area contributed by atoms with Gasteiger partial charge in [-0.25, -0.2) is 0 Å². The average Bonchev–Trinajstić information content (AvgIpc) is 2.44. The monoisotopic (exact) mass is 283 g/mol. The maximum atomic E-state index is 5.41. The summed E-state index contributed by atoms with van der Waals surface area (Å²) in [6.45, 7) is 5.45. The lowest BCUT2D eigenvalue weighted by atomic mass is 10.1. The highest BCUT2D eigenvalue weighted by molar-refractivity contribution is 5.50. The van der Waals surface area contributed by atoms with E-state index < -0.39 is 0 Å². The van der Waals surface area contributed by atoms with E-state index >= 15 is 0 Å². The van der Waals surface area contributed by atoms with E-state index in [0.717, 1.165) is 11.3 Å². The highest BCUT2D eigenvalue weighted by Crippen LogP contribution is 2.34. The van der Waals surface area contributed by atoms with Crippen LogP contribution in [0.1, 0.15) is 19.4 Å². The molecule has 0 saturated heterocycles. The molecule has 0 aliphatic carbocycles.